The van der Waals surface area contributed by atoms with E-state index in [0.717, 1.165) is 22.2 Å². The van der Waals surface area contributed by atoms with Gasteiger partial charge in [-0.2, -0.15) is 0 Å². The molecule has 0 amide bonds. The minimum atomic E-state index is 0.0127. The second-order valence-corrected chi connectivity index (χ2v) is 5.28. The molecule has 3 nitrogen and oxygen atoms in total. The van der Waals surface area contributed by atoms with E-state index >= 15 is 0 Å². The average Bonchev–Trinajstić information content (AvgIpc) is 2.60. The summed E-state index contributed by atoms with van der Waals surface area (Å²) in [5.41, 5.74) is 2.19. The highest BCUT2D eigenvalue weighted by atomic mass is 16.5. The Hall–Kier alpha value is -2.81. The van der Waals surface area contributed by atoms with Crippen molar-refractivity contribution in [1.29, 1.82) is 0 Å². The molecule has 3 rings (SSSR count). The molecule has 3 aromatic carbocycles. The summed E-state index contributed by atoms with van der Waals surface area (Å²) in [5, 5.41) is 5.16. The van der Waals surface area contributed by atoms with E-state index in [0.29, 0.717) is 17.7 Å². The summed E-state index contributed by atoms with van der Waals surface area (Å²) < 4.78 is 5.54. The van der Waals surface area contributed by atoms with Crippen molar-refractivity contribution in [2.24, 2.45) is 0 Å². The first-order chi connectivity index (χ1) is 11.2. The Labute approximate surface area is 135 Å². The Morgan fingerprint density at radius 3 is 2.57 bits per heavy atom. The standard InChI is InChI=1S/C20H19NO2/c1-3-23-17-11-10-14-8-9-15(12-16(14)13-17)20(22)18-6-4-5-7-19(18)21-2/h4-13,21H,3H2,1-2H3. The molecule has 1 N–H and O–H groups in total. The maximum atomic E-state index is 12.8. The van der Waals surface area contributed by atoms with Crippen LogP contribution in [0.2, 0.25) is 0 Å². The van der Waals surface area contributed by atoms with Crippen LogP contribution in [0.25, 0.3) is 10.8 Å². The van der Waals surface area contributed by atoms with Gasteiger partial charge < -0.3 is 10.1 Å². The summed E-state index contributed by atoms with van der Waals surface area (Å²) in [6, 6.07) is 19.2. The lowest BCUT2D eigenvalue weighted by atomic mass is 9.98. The molecule has 0 spiro atoms. The van der Waals surface area contributed by atoms with Gasteiger partial charge in [-0.15, -0.1) is 0 Å². The number of ketones is 1. The quantitative estimate of drug-likeness (QED) is 0.705. The number of ether oxygens (including phenoxy) is 1. The Morgan fingerprint density at radius 1 is 1.00 bits per heavy atom. The number of benzene rings is 3. The minimum absolute atomic E-state index is 0.0127. The van der Waals surface area contributed by atoms with E-state index in [1.807, 2.05) is 74.6 Å². The van der Waals surface area contributed by atoms with Crippen LogP contribution in [0.4, 0.5) is 5.69 Å². The number of anilines is 1. The van der Waals surface area contributed by atoms with Crippen molar-refractivity contribution in [1.82, 2.24) is 0 Å². The maximum absolute atomic E-state index is 12.8. The van der Waals surface area contributed by atoms with E-state index in [-0.39, 0.29) is 5.78 Å². The Kier molecular flexibility index (Phi) is 4.29. The van der Waals surface area contributed by atoms with Crippen LogP contribution in [0.1, 0.15) is 22.8 Å². The van der Waals surface area contributed by atoms with Crippen LogP contribution in [0.5, 0.6) is 5.75 Å². The minimum Gasteiger partial charge on any atom is -0.494 e. The molecular formula is C20H19NO2. The van der Waals surface area contributed by atoms with E-state index in [4.69, 9.17) is 4.74 Å². The normalized spacial score (nSPS) is 10.5. The van der Waals surface area contributed by atoms with Gasteiger partial charge in [0.1, 0.15) is 5.75 Å². The number of carbonyl (C=O) groups is 1. The van der Waals surface area contributed by atoms with Gasteiger partial charge in [0.15, 0.2) is 5.78 Å². The SMILES string of the molecule is CCOc1ccc2ccc(C(=O)c3ccccc3NC)cc2c1. The number of rotatable bonds is 5. The van der Waals surface area contributed by atoms with Crippen molar-refractivity contribution in [2.75, 3.05) is 19.0 Å². The van der Waals surface area contributed by atoms with E-state index in [2.05, 4.69) is 5.32 Å². The Morgan fingerprint density at radius 2 is 1.78 bits per heavy atom. The van der Waals surface area contributed by atoms with Gasteiger partial charge in [0.25, 0.3) is 0 Å². The molecule has 0 aliphatic carbocycles. The molecule has 3 heteroatoms. The summed E-state index contributed by atoms with van der Waals surface area (Å²) in [6.07, 6.45) is 0. The molecule has 0 heterocycles. The molecule has 0 aliphatic heterocycles. The molecule has 0 fully saturated rings. The molecule has 0 saturated heterocycles. The number of para-hydroxylation sites is 1. The van der Waals surface area contributed by atoms with Crippen LogP contribution >= 0.6 is 0 Å². The average molecular weight is 305 g/mol. The summed E-state index contributed by atoms with van der Waals surface area (Å²) in [5.74, 6) is 0.832. The number of carbonyl (C=O) groups excluding carboxylic acids is 1. The molecule has 3 aromatic rings. The zero-order chi connectivity index (χ0) is 16.2. The molecule has 23 heavy (non-hydrogen) atoms. The predicted molar refractivity (Wildman–Crippen MR) is 94.5 cm³/mol. The second-order valence-electron chi connectivity index (χ2n) is 5.28. The predicted octanol–water partition coefficient (Wildman–Crippen LogP) is 4.51. The maximum Gasteiger partial charge on any atom is 0.195 e. The van der Waals surface area contributed by atoms with Crippen LogP contribution in [-0.4, -0.2) is 19.4 Å². The largest absolute Gasteiger partial charge is 0.494 e. The third-order valence-corrected chi connectivity index (χ3v) is 3.83. The lowest BCUT2D eigenvalue weighted by molar-refractivity contribution is 0.103. The van der Waals surface area contributed by atoms with Crippen molar-refractivity contribution in [3.05, 3.63) is 71.8 Å². The highest BCUT2D eigenvalue weighted by Crippen LogP contribution is 2.25. The molecule has 0 aliphatic rings. The van der Waals surface area contributed by atoms with Gasteiger partial charge in [-0.3, -0.25) is 4.79 Å². The van der Waals surface area contributed by atoms with Gasteiger partial charge in [-0.1, -0.05) is 30.3 Å². The molecule has 0 unspecified atom stereocenters. The highest BCUT2D eigenvalue weighted by molar-refractivity contribution is 6.13. The van der Waals surface area contributed by atoms with Gasteiger partial charge in [-0.25, -0.2) is 0 Å². The van der Waals surface area contributed by atoms with E-state index in [1.54, 1.807) is 0 Å². The van der Waals surface area contributed by atoms with Gasteiger partial charge in [0.05, 0.1) is 6.61 Å². The fourth-order valence-corrected chi connectivity index (χ4v) is 2.68. The lowest BCUT2D eigenvalue weighted by Crippen LogP contribution is -2.05. The summed E-state index contributed by atoms with van der Waals surface area (Å²) >= 11 is 0. The highest BCUT2D eigenvalue weighted by Gasteiger charge is 2.13. The van der Waals surface area contributed by atoms with Crippen molar-refractivity contribution in [2.45, 2.75) is 6.92 Å². The molecule has 0 bridgehead atoms. The Balaban J connectivity index is 2.03. The second kappa shape index (κ2) is 6.53. The Bertz CT molecular complexity index is 855. The van der Waals surface area contributed by atoms with E-state index < -0.39 is 0 Å². The topological polar surface area (TPSA) is 38.3 Å². The van der Waals surface area contributed by atoms with Crippen LogP contribution in [0, 0.1) is 0 Å². The third-order valence-electron chi connectivity index (χ3n) is 3.83. The smallest absolute Gasteiger partial charge is 0.195 e. The number of fused-ring (bicyclic) bond motifs is 1. The van der Waals surface area contributed by atoms with Crippen LogP contribution < -0.4 is 10.1 Å². The van der Waals surface area contributed by atoms with Crippen LogP contribution in [-0.2, 0) is 0 Å². The summed E-state index contributed by atoms with van der Waals surface area (Å²) in [6.45, 7) is 2.58. The third kappa shape index (κ3) is 3.04. The zero-order valence-corrected chi connectivity index (χ0v) is 13.3. The summed E-state index contributed by atoms with van der Waals surface area (Å²) in [4.78, 5) is 12.8. The van der Waals surface area contributed by atoms with Crippen molar-refractivity contribution >= 4 is 22.2 Å². The first-order valence-corrected chi connectivity index (χ1v) is 7.71. The van der Waals surface area contributed by atoms with Gasteiger partial charge in [0.2, 0.25) is 0 Å². The molecule has 0 radical (unpaired) electrons. The van der Waals surface area contributed by atoms with Crippen molar-refractivity contribution in [3.63, 3.8) is 0 Å². The number of hydrogen-bond donors (Lipinski definition) is 1. The number of nitrogens with one attached hydrogen (secondary N) is 1. The summed E-state index contributed by atoms with van der Waals surface area (Å²) in [7, 11) is 1.82. The lowest BCUT2D eigenvalue weighted by Gasteiger charge is -2.09. The molecule has 0 aromatic heterocycles. The molecular weight excluding hydrogens is 286 g/mol. The molecule has 0 atom stereocenters. The molecule has 116 valence electrons. The zero-order valence-electron chi connectivity index (χ0n) is 13.3. The van der Waals surface area contributed by atoms with Gasteiger partial charge in [0, 0.05) is 23.9 Å². The first kappa shape index (κ1) is 15.1. The first-order valence-electron chi connectivity index (χ1n) is 7.71. The van der Waals surface area contributed by atoms with Crippen LogP contribution in [0.3, 0.4) is 0 Å². The van der Waals surface area contributed by atoms with Crippen molar-refractivity contribution in [3.8, 4) is 5.75 Å². The molecule has 0 saturated carbocycles. The van der Waals surface area contributed by atoms with Gasteiger partial charge >= 0.3 is 0 Å². The van der Waals surface area contributed by atoms with Crippen LogP contribution in [0.15, 0.2) is 60.7 Å². The van der Waals surface area contributed by atoms with Crippen molar-refractivity contribution < 1.29 is 9.53 Å². The monoisotopic (exact) mass is 305 g/mol. The van der Waals surface area contributed by atoms with Gasteiger partial charge in [-0.05, 0) is 48.0 Å². The fraction of sp³-hybridized carbons (Fsp3) is 0.150. The fourth-order valence-electron chi connectivity index (χ4n) is 2.68. The number of hydrogen-bond acceptors (Lipinski definition) is 3. The van der Waals surface area contributed by atoms with E-state index in [9.17, 15) is 4.79 Å². The van der Waals surface area contributed by atoms with E-state index in [1.165, 1.54) is 0 Å².